The number of aromatic nitrogens is 2. The molecule has 6 nitrogen and oxygen atoms in total. The van der Waals surface area contributed by atoms with Crippen LogP contribution < -0.4 is 9.47 Å². The maximum absolute atomic E-state index is 9.49. The Labute approximate surface area is 135 Å². The summed E-state index contributed by atoms with van der Waals surface area (Å²) in [5, 5.41) is 13.9. The lowest BCUT2D eigenvalue weighted by Crippen LogP contribution is -2.31. The summed E-state index contributed by atoms with van der Waals surface area (Å²) in [4.78, 5) is 2.38. The third kappa shape index (κ3) is 2.68. The standard InChI is InChI=1S/C17H21N3O3/c1-19-15-4-5-20(10-13(15)14(11-21)18-19)9-12-2-3-16-17(8-12)23-7-6-22-16/h2-3,8,21H,4-7,9-11H2,1H3. The van der Waals surface area contributed by atoms with Crippen molar-refractivity contribution >= 4 is 0 Å². The monoisotopic (exact) mass is 315 g/mol. The first-order valence-corrected chi connectivity index (χ1v) is 8.00. The van der Waals surface area contributed by atoms with Crippen LogP contribution in [0, 0.1) is 0 Å². The topological polar surface area (TPSA) is 59.8 Å². The molecular weight excluding hydrogens is 294 g/mol. The number of nitrogens with zero attached hydrogens (tertiary/aromatic N) is 3. The second-order valence-corrected chi connectivity index (χ2v) is 6.09. The van der Waals surface area contributed by atoms with Gasteiger partial charge in [0.05, 0.1) is 12.3 Å². The SMILES string of the molecule is Cn1nc(CO)c2c1CCN(Cc1ccc3c(c1)OCCO3)C2. The van der Waals surface area contributed by atoms with Gasteiger partial charge in [-0.2, -0.15) is 5.10 Å². The fraction of sp³-hybridized carbons (Fsp3) is 0.471. The summed E-state index contributed by atoms with van der Waals surface area (Å²) in [5.74, 6) is 1.67. The summed E-state index contributed by atoms with van der Waals surface area (Å²) in [6, 6.07) is 6.15. The van der Waals surface area contributed by atoms with E-state index >= 15 is 0 Å². The highest BCUT2D eigenvalue weighted by molar-refractivity contribution is 5.43. The summed E-state index contributed by atoms with van der Waals surface area (Å²) >= 11 is 0. The number of rotatable bonds is 3. The third-order valence-electron chi connectivity index (χ3n) is 4.57. The Morgan fingerprint density at radius 3 is 2.87 bits per heavy atom. The molecule has 4 rings (SSSR count). The van der Waals surface area contributed by atoms with Crippen molar-refractivity contribution in [3.63, 3.8) is 0 Å². The molecule has 23 heavy (non-hydrogen) atoms. The fourth-order valence-corrected chi connectivity index (χ4v) is 3.43. The van der Waals surface area contributed by atoms with Crippen LogP contribution in [0.25, 0.3) is 0 Å². The zero-order valence-electron chi connectivity index (χ0n) is 13.3. The normalized spacial score (nSPS) is 17.1. The third-order valence-corrected chi connectivity index (χ3v) is 4.57. The second-order valence-electron chi connectivity index (χ2n) is 6.09. The van der Waals surface area contributed by atoms with E-state index in [9.17, 15) is 5.11 Å². The van der Waals surface area contributed by atoms with E-state index in [-0.39, 0.29) is 6.61 Å². The van der Waals surface area contributed by atoms with Crippen molar-refractivity contribution in [1.82, 2.24) is 14.7 Å². The summed E-state index contributed by atoms with van der Waals surface area (Å²) in [7, 11) is 1.95. The van der Waals surface area contributed by atoms with E-state index in [1.54, 1.807) is 0 Å². The van der Waals surface area contributed by atoms with Crippen LogP contribution in [-0.2, 0) is 33.2 Å². The van der Waals surface area contributed by atoms with Crippen LogP contribution in [0.1, 0.15) is 22.5 Å². The fourth-order valence-electron chi connectivity index (χ4n) is 3.43. The molecule has 2 aliphatic rings. The van der Waals surface area contributed by atoms with E-state index in [0.717, 1.165) is 43.2 Å². The molecule has 3 heterocycles. The van der Waals surface area contributed by atoms with Gasteiger partial charge in [0.1, 0.15) is 13.2 Å². The molecule has 0 unspecified atom stereocenters. The van der Waals surface area contributed by atoms with E-state index in [2.05, 4.69) is 22.1 Å². The van der Waals surface area contributed by atoms with Crippen LogP contribution in [0.4, 0.5) is 0 Å². The minimum Gasteiger partial charge on any atom is -0.486 e. The van der Waals surface area contributed by atoms with Crippen LogP contribution in [0.3, 0.4) is 0 Å². The summed E-state index contributed by atoms with van der Waals surface area (Å²) in [6.45, 7) is 3.90. The number of aliphatic hydroxyl groups excluding tert-OH is 1. The van der Waals surface area contributed by atoms with Gasteiger partial charge in [-0.15, -0.1) is 0 Å². The Morgan fingerprint density at radius 2 is 2.04 bits per heavy atom. The molecule has 0 fully saturated rings. The van der Waals surface area contributed by atoms with Gasteiger partial charge < -0.3 is 14.6 Å². The van der Waals surface area contributed by atoms with Crippen molar-refractivity contribution in [2.45, 2.75) is 26.1 Å². The number of ether oxygens (including phenoxy) is 2. The number of hydrogen-bond donors (Lipinski definition) is 1. The van der Waals surface area contributed by atoms with E-state index in [0.29, 0.717) is 13.2 Å². The van der Waals surface area contributed by atoms with E-state index in [4.69, 9.17) is 9.47 Å². The molecule has 0 radical (unpaired) electrons. The van der Waals surface area contributed by atoms with Crippen molar-refractivity contribution in [3.05, 3.63) is 40.7 Å². The highest BCUT2D eigenvalue weighted by Gasteiger charge is 2.23. The van der Waals surface area contributed by atoms with Crippen LogP contribution in [-0.4, -0.2) is 39.5 Å². The number of fused-ring (bicyclic) bond motifs is 2. The zero-order valence-corrected chi connectivity index (χ0v) is 13.3. The predicted molar refractivity (Wildman–Crippen MR) is 84.4 cm³/mol. The van der Waals surface area contributed by atoms with Gasteiger partial charge >= 0.3 is 0 Å². The van der Waals surface area contributed by atoms with Crippen molar-refractivity contribution in [2.24, 2.45) is 7.05 Å². The van der Waals surface area contributed by atoms with Gasteiger partial charge in [0.25, 0.3) is 0 Å². The number of benzene rings is 1. The molecule has 122 valence electrons. The highest BCUT2D eigenvalue weighted by atomic mass is 16.6. The summed E-state index contributed by atoms with van der Waals surface area (Å²) < 4.78 is 13.1. The van der Waals surface area contributed by atoms with E-state index in [1.165, 1.54) is 16.8 Å². The Hall–Kier alpha value is -2.05. The largest absolute Gasteiger partial charge is 0.486 e. The number of aryl methyl sites for hydroxylation is 1. The Balaban J connectivity index is 1.52. The Morgan fingerprint density at radius 1 is 1.22 bits per heavy atom. The molecule has 1 N–H and O–H groups in total. The molecule has 6 heteroatoms. The molecule has 1 aromatic heterocycles. The molecule has 0 aliphatic carbocycles. The quantitative estimate of drug-likeness (QED) is 0.923. The Bertz CT molecular complexity index is 726. The van der Waals surface area contributed by atoms with Crippen molar-refractivity contribution < 1.29 is 14.6 Å². The summed E-state index contributed by atoms with van der Waals surface area (Å²) in [6.07, 6.45) is 0.962. The smallest absolute Gasteiger partial charge is 0.161 e. The molecule has 0 bridgehead atoms. The average molecular weight is 315 g/mol. The first-order chi connectivity index (χ1) is 11.2. The summed E-state index contributed by atoms with van der Waals surface area (Å²) in [5.41, 5.74) is 4.44. The molecule has 2 aromatic rings. The second kappa shape index (κ2) is 5.86. The lowest BCUT2D eigenvalue weighted by molar-refractivity contribution is 0.171. The Kier molecular flexibility index (Phi) is 3.71. The molecule has 0 spiro atoms. The van der Waals surface area contributed by atoms with E-state index in [1.807, 2.05) is 17.8 Å². The molecule has 0 atom stereocenters. The molecule has 0 saturated heterocycles. The minimum atomic E-state index is 0.00103. The van der Waals surface area contributed by atoms with Gasteiger partial charge in [-0.25, -0.2) is 0 Å². The highest BCUT2D eigenvalue weighted by Crippen LogP contribution is 2.32. The first-order valence-electron chi connectivity index (χ1n) is 8.00. The van der Waals surface area contributed by atoms with Crippen LogP contribution in [0.2, 0.25) is 0 Å². The van der Waals surface area contributed by atoms with Gasteiger partial charge in [0, 0.05) is 44.4 Å². The van der Waals surface area contributed by atoms with Gasteiger partial charge in [0.15, 0.2) is 11.5 Å². The van der Waals surface area contributed by atoms with Crippen LogP contribution >= 0.6 is 0 Å². The molecule has 0 saturated carbocycles. The van der Waals surface area contributed by atoms with Gasteiger partial charge in [0.2, 0.25) is 0 Å². The molecule has 1 aromatic carbocycles. The van der Waals surface area contributed by atoms with Crippen LogP contribution in [0.15, 0.2) is 18.2 Å². The lowest BCUT2D eigenvalue weighted by Gasteiger charge is -2.28. The maximum atomic E-state index is 9.49. The van der Waals surface area contributed by atoms with Crippen molar-refractivity contribution in [1.29, 1.82) is 0 Å². The first kappa shape index (κ1) is 14.5. The molecule has 2 aliphatic heterocycles. The number of aliphatic hydroxyl groups is 1. The van der Waals surface area contributed by atoms with Gasteiger partial charge in [-0.05, 0) is 17.7 Å². The van der Waals surface area contributed by atoms with E-state index < -0.39 is 0 Å². The van der Waals surface area contributed by atoms with Crippen molar-refractivity contribution in [2.75, 3.05) is 19.8 Å². The molecular formula is C17H21N3O3. The number of hydrogen-bond acceptors (Lipinski definition) is 5. The average Bonchev–Trinajstić information content (AvgIpc) is 2.90. The lowest BCUT2D eigenvalue weighted by atomic mass is 10.0. The van der Waals surface area contributed by atoms with Gasteiger partial charge in [-0.1, -0.05) is 6.07 Å². The maximum Gasteiger partial charge on any atom is 0.161 e. The minimum absolute atomic E-state index is 0.00103. The zero-order chi connectivity index (χ0) is 15.8. The van der Waals surface area contributed by atoms with Crippen LogP contribution in [0.5, 0.6) is 11.5 Å². The predicted octanol–water partition coefficient (Wildman–Crippen LogP) is 1.24. The van der Waals surface area contributed by atoms with Crippen molar-refractivity contribution in [3.8, 4) is 11.5 Å². The van der Waals surface area contributed by atoms with Gasteiger partial charge in [-0.3, -0.25) is 9.58 Å². The molecule has 0 amide bonds.